The lowest BCUT2D eigenvalue weighted by Gasteiger charge is -2.05. The van der Waals surface area contributed by atoms with Gasteiger partial charge >= 0.3 is 0 Å². The highest BCUT2D eigenvalue weighted by molar-refractivity contribution is 6.18. The van der Waals surface area contributed by atoms with Crippen LogP contribution in [0.5, 0.6) is 0 Å². The highest BCUT2D eigenvalue weighted by atomic mass is 35.5. The van der Waals surface area contributed by atoms with Crippen LogP contribution in [0, 0.1) is 5.92 Å². The van der Waals surface area contributed by atoms with Crippen molar-refractivity contribution in [3.8, 4) is 0 Å². The Morgan fingerprint density at radius 1 is 1.46 bits per heavy atom. The van der Waals surface area contributed by atoms with Crippen molar-refractivity contribution in [3.63, 3.8) is 0 Å². The molecule has 1 atom stereocenters. The quantitative estimate of drug-likeness (QED) is 0.684. The maximum Gasteiger partial charge on any atom is 0.0627 e. The Labute approximate surface area is 84.9 Å². The van der Waals surface area contributed by atoms with E-state index in [-0.39, 0.29) is 0 Å². The summed E-state index contributed by atoms with van der Waals surface area (Å²) < 4.78 is 1.98. The van der Waals surface area contributed by atoms with Crippen LogP contribution in [0.3, 0.4) is 0 Å². The predicted octanol–water partition coefficient (Wildman–Crippen LogP) is 2.88. The van der Waals surface area contributed by atoms with Crippen molar-refractivity contribution >= 4 is 11.6 Å². The van der Waals surface area contributed by atoms with Crippen LogP contribution in [0.15, 0.2) is 12.3 Å². The van der Waals surface area contributed by atoms with Gasteiger partial charge in [0.2, 0.25) is 0 Å². The summed E-state index contributed by atoms with van der Waals surface area (Å²) in [5.41, 5.74) is 1.14. The number of rotatable bonds is 4. The van der Waals surface area contributed by atoms with Crippen molar-refractivity contribution in [2.75, 3.05) is 5.88 Å². The number of alkyl halides is 1. The van der Waals surface area contributed by atoms with Gasteiger partial charge in [-0.25, -0.2) is 0 Å². The van der Waals surface area contributed by atoms with Crippen LogP contribution in [0.4, 0.5) is 0 Å². The third kappa shape index (κ3) is 3.03. The molecule has 0 aliphatic carbocycles. The van der Waals surface area contributed by atoms with Crippen molar-refractivity contribution in [3.05, 3.63) is 18.0 Å². The van der Waals surface area contributed by atoms with Crippen LogP contribution in [-0.4, -0.2) is 15.7 Å². The van der Waals surface area contributed by atoms with Crippen LogP contribution in [-0.2, 0) is 6.42 Å². The fraction of sp³-hybridized carbons (Fsp3) is 0.700. The van der Waals surface area contributed by atoms with Gasteiger partial charge < -0.3 is 0 Å². The van der Waals surface area contributed by atoms with Crippen LogP contribution in [0.25, 0.3) is 0 Å². The van der Waals surface area contributed by atoms with E-state index in [2.05, 4.69) is 31.9 Å². The Kier molecular flexibility index (Phi) is 3.79. The molecule has 0 radical (unpaired) electrons. The fourth-order valence-corrected chi connectivity index (χ4v) is 1.29. The van der Waals surface area contributed by atoms with Gasteiger partial charge in [-0.05, 0) is 32.3 Å². The molecule has 0 saturated heterocycles. The summed E-state index contributed by atoms with van der Waals surface area (Å²) in [6, 6.07) is 2.52. The van der Waals surface area contributed by atoms with Gasteiger partial charge in [0.15, 0.2) is 0 Å². The van der Waals surface area contributed by atoms with Crippen LogP contribution < -0.4 is 0 Å². The number of halogens is 1. The Hall–Kier alpha value is -0.500. The largest absolute Gasteiger partial charge is 0.270 e. The molecule has 1 heterocycles. The van der Waals surface area contributed by atoms with Crippen molar-refractivity contribution < 1.29 is 0 Å². The summed E-state index contributed by atoms with van der Waals surface area (Å²) >= 11 is 5.74. The maximum atomic E-state index is 5.74. The highest BCUT2D eigenvalue weighted by Gasteiger charge is 2.06. The van der Waals surface area contributed by atoms with Crippen LogP contribution in [0.1, 0.15) is 32.5 Å². The first-order chi connectivity index (χ1) is 6.13. The molecule has 0 N–H and O–H groups in total. The van der Waals surface area contributed by atoms with Crippen molar-refractivity contribution in [1.29, 1.82) is 0 Å². The molecule has 0 amide bonds. The molecule has 0 bridgehead atoms. The second kappa shape index (κ2) is 4.66. The first kappa shape index (κ1) is 10.6. The minimum Gasteiger partial charge on any atom is -0.270 e. The molecule has 2 nitrogen and oxygen atoms in total. The summed E-state index contributed by atoms with van der Waals surface area (Å²) in [5.74, 6) is 1.21. The van der Waals surface area contributed by atoms with Crippen LogP contribution in [0.2, 0.25) is 0 Å². The second-order valence-corrected chi connectivity index (χ2v) is 4.15. The van der Waals surface area contributed by atoms with Crippen molar-refractivity contribution in [1.82, 2.24) is 9.78 Å². The van der Waals surface area contributed by atoms with Gasteiger partial charge in [-0.15, -0.1) is 11.6 Å². The monoisotopic (exact) mass is 200 g/mol. The van der Waals surface area contributed by atoms with E-state index in [4.69, 9.17) is 11.6 Å². The molecule has 0 aliphatic heterocycles. The molecule has 0 aliphatic rings. The molecule has 74 valence electrons. The van der Waals surface area contributed by atoms with E-state index in [1.165, 1.54) is 0 Å². The number of hydrogen-bond donors (Lipinski definition) is 0. The summed E-state index contributed by atoms with van der Waals surface area (Å²) in [6.07, 6.45) is 3.00. The molecule has 0 saturated carbocycles. The fourth-order valence-electron chi connectivity index (χ4n) is 1.19. The van der Waals surface area contributed by atoms with E-state index < -0.39 is 0 Å². The van der Waals surface area contributed by atoms with E-state index in [0.717, 1.165) is 12.1 Å². The van der Waals surface area contributed by atoms with E-state index in [9.17, 15) is 0 Å². The predicted molar refractivity (Wildman–Crippen MR) is 56.2 cm³/mol. The molecule has 0 aromatic carbocycles. The minimum atomic E-state index is 0.444. The number of nitrogens with zero attached hydrogens (tertiary/aromatic N) is 2. The molecule has 1 aromatic rings. The highest BCUT2D eigenvalue weighted by Crippen LogP contribution is 2.10. The van der Waals surface area contributed by atoms with Crippen molar-refractivity contribution in [2.24, 2.45) is 5.92 Å². The zero-order valence-electron chi connectivity index (χ0n) is 8.50. The molecule has 1 unspecified atom stereocenters. The SMILES string of the molecule is CC(CCl)Cc1ccn(C(C)C)n1. The number of hydrogen-bond acceptors (Lipinski definition) is 1. The summed E-state index contributed by atoms with van der Waals surface area (Å²) in [6.45, 7) is 6.39. The topological polar surface area (TPSA) is 17.8 Å². The van der Waals surface area contributed by atoms with E-state index >= 15 is 0 Å². The lowest BCUT2D eigenvalue weighted by molar-refractivity contribution is 0.519. The first-order valence-electron chi connectivity index (χ1n) is 4.73. The Morgan fingerprint density at radius 2 is 2.15 bits per heavy atom. The van der Waals surface area contributed by atoms with Gasteiger partial charge in [-0.2, -0.15) is 5.10 Å². The Morgan fingerprint density at radius 3 is 2.62 bits per heavy atom. The van der Waals surface area contributed by atoms with Gasteiger partial charge in [0.1, 0.15) is 0 Å². The van der Waals surface area contributed by atoms with Gasteiger partial charge in [0.25, 0.3) is 0 Å². The molecule has 0 fully saturated rings. The Balaban J connectivity index is 2.58. The third-order valence-corrected chi connectivity index (χ3v) is 2.54. The molecular weight excluding hydrogens is 184 g/mol. The summed E-state index contributed by atoms with van der Waals surface area (Å²) in [5, 5.41) is 4.46. The lowest BCUT2D eigenvalue weighted by Crippen LogP contribution is -2.05. The third-order valence-electron chi connectivity index (χ3n) is 2.01. The summed E-state index contributed by atoms with van der Waals surface area (Å²) in [4.78, 5) is 0. The van der Waals surface area contributed by atoms with Gasteiger partial charge in [-0.3, -0.25) is 4.68 Å². The van der Waals surface area contributed by atoms with Gasteiger partial charge in [-0.1, -0.05) is 6.92 Å². The average Bonchev–Trinajstić information content (AvgIpc) is 2.52. The second-order valence-electron chi connectivity index (χ2n) is 3.84. The normalized spacial score (nSPS) is 13.6. The molecular formula is C10H17ClN2. The van der Waals surface area contributed by atoms with Gasteiger partial charge in [0, 0.05) is 18.1 Å². The van der Waals surface area contributed by atoms with Crippen molar-refractivity contribution in [2.45, 2.75) is 33.2 Å². The van der Waals surface area contributed by atoms with Gasteiger partial charge in [0.05, 0.1) is 5.69 Å². The molecule has 1 aromatic heterocycles. The van der Waals surface area contributed by atoms with E-state index in [1.54, 1.807) is 0 Å². The molecule has 0 spiro atoms. The maximum absolute atomic E-state index is 5.74. The summed E-state index contributed by atoms with van der Waals surface area (Å²) in [7, 11) is 0. The standard InChI is InChI=1S/C10H17ClN2/c1-8(2)13-5-4-10(12-13)6-9(3)7-11/h4-5,8-9H,6-7H2,1-3H3. The zero-order chi connectivity index (χ0) is 9.84. The van der Waals surface area contributed by atoms with Crippen LogP contribution >= 0.6 is 11.6 Å². The minimum absolute atomic E-state index is 0.444. The Bertz CT molecular complexity index is 255. The smallest absolute Gasteiger partial charge is 0.0627 e. The van der Waals surface area contributed by atoms with E-state index in [0.29, 0.717) is 17.8 Å². The molecule has 13 heavy (non-hydrogen) atoms. The number of aromatic nitrogens is 2. The first-order valence-corrected chi connectivity index (χ1v) is 5.27. The molecule has 1 rings (SSSR count). The zero-order valence-corrected chi connectivity index (χ0v) is 9.25. The van der Waals surface area contributed by atoms with E-state index in [1.807, 2.05) is 10.9 Å². The molecule has 3 heteroatoms. The lowest BCUT2D eigenvalue weighted by atomic mass is 10.1. The average molecular weight is 201 g/mol.